The van der Waals surface area contributed by atoms with Crippen molar-refractivity contribution in [1.82, 2.24) is 9.78 Å². The Bertz CT molecular complexity index is 1300. The number of alkyl halides is 3. The Morgan fingerprint density at radius 3 is 2.38 bits per heavy atom. The van der Waals surface area contributed by atoms with Crippen LogP contribution in [0.5, 0.6) is 5.75 Å². The minimum Gasteiger partial charge on any atom is -0.495 e. The van der Waals surface area contributed by atoms with Crippen molar-refractivity contribution < 1.29 is 27.5 Å². The van der Waals surface area contributed by atoms with Crippen LogP contribution < -0.4 is 20.9 Å². The van der Waals surface area contributed by atoms with Gasteiger partial charge in [0.15, 0.2) is 0 Å². The van der Waals surface area contributed by atoms with E-state index in [1.165, 1.54) is 13.2 Å². The molecule has 178 valence electrons. The van der Waals surface area contributed by atoms with Gasteiger partial charge in [-0.2, -0.15) is 18.3 Å². The number of amides is 2. The zero-order valence-electron chi connectivity index (χ0n) is 18.5. The number of methoxy groups -OCH3 is 1. The van der Waals surface area contributed by atoms with E-state index in [1.807, 2.05) is 19.9 Å². The number of hydrogen-bond donors (Lipinski definition) is 2. The third-order valence-electron chi connectivity index (χ3n) is 4.96. The van der Waals surface area contributed by atoms with Crippen molar-refractivity contribution in [1.29, 1.82) is 0 Å². The van der Waals surface area contributed by atoms with Crippen LogP contribution in [0.4, 0.5) is 24.5 Å². The third kappa shape index (κ3) is 5.80. The first-order chi connectivity index (χ1) is 16.0. The van der Waals surface area contributed by atoms with E-state index in [1.54, 1.807) is 12.1 Å². The highest BCUT2D eigenvalue weighted by molar-refractivity contribution is 6.02. The molecule has 0 radical (unpaired) electrons. The Kier molecular flexibility index (Phi) is 7.04. The smallest absolute Gasteiger partial charge is 0.416 e. The van der Waals surface area contributed by atoms with Crippen LogP contribution in [0.2, 0.25) is 0 Å². The molecule has 11 heteroatoms. The van der Waals surface area contributed by atoms with E-state index in [0.717, 1.165) is 40.1 Å². The predicted octanol–water partition coefficient (Wildman–Crippen LogP) is 3.78. The molecule has 2 N–H and O–H groups in total. The second kappa shape index (κ2) is 9.77. The molecule has 0 unspecified atom stereocenters. The molecule has 8 nitrogen and oxygen atoms in total. The van der Waals surface area contributed by atoms with E-state index in [4.69, 9.17) is 4.74 Å². The average molecular weight is 474 g/mol. The molecule has 1 heterocycles. The topological polar surface area (TPSA) is 102 Å². The summed E-state index contributed by atoms with van der Waals surface area (Å²) in [6.45, 7) is 3.18. The van der Waals surface area contributed by atoms with Crippen LogP contribution in [0.1, 0.15) is 27.2 Å². The first kappa shape index (κ1) is 24.5. The number of carbonyl (C=O) groups excluding carboxylic acids is 2. The summed E-state index contributed by atoms with van der Waals surface area (Å²) in [5.74, 6) is -1.43. The van der Waals surface area contributed by atoms with Crippen LogP contribution >= 0.6 is 0 Å². The molecule has 3 aromatic rings. The number of aryl methyl sites for hydroxylation is 2. The van der Waals surface area contributed by atoms with E-state index >= 15 is 0 Å². The van der Waals surface area contributed by atoms with Crippen molar-refractivity contribution in [3.63, 3.8) is 0 Å². The highest BCUT2D eigenvalue weighted by atomic mass is 19.4. The first-order valence-electron chi connectivity index (χ1n) is 10.00. The molecule has 0 fully saturated rings. The maximum Gasteiger partial charge on any atom is 0.416 e. The van der Waals surface area contributed by atoms with E-state index in [0.29, 0.717) is 5.69 Å². The highest BCUT2D eigenvalue weighted by Gasteiger charge is 2.31. The molecule has 1 aromatic heterocycles. The van der Waals surface area contributed by atoms with Gasteiger partial charge in [-0.1, -0.05) is 6.07 Å². The Morgan fingerprint density at radius 1 is 1.00 bits per heavy atom. The van der Waals surface area contributed by atoms with Gasteiger partial charge in [-0.15, -0.1) is 0 Å². The number of carbonyl (C=O) groups is 2. The molecule has 2 aromatic carbocycles. The maximum absolute atomic E-state index is 13.0. The molecule has 0 spiro atoms. The summed E-state index contributed by atoms with van der Waals surface area (Å²) in [4.78, 5) is 37.2. The molecule has 0 bridgehead atoms. The van der Waals surface area contributed by atoms with Crippen molar-refractivity contribution in [2.45, 2.75) is 26.6 Å². The molecule has 0 saturated heterocycles. The number of hydrogen-bond acceptors (Lipinski definition) is 5. The van der Waals surface area contributed by atoms with Gasteiger partial charge in [0.05, 0.1) is 18.4 Å². The number of nitrogens with zero attached hydrogens (tertiary/aromatic N) is 2. The van der Waals surface area contributed by atoms with Crippen LogP contribution in [-0.4, -0.2) is 28.7 Å². The Balaban J connectivity index is 1.78. The fourth-order valence-corrected chi connectivity index (χ4v) is 3.01. The Hall–Kier alpha value is -4.15. The minimum absolute atomic E-state index is 0.00294. The standard InChI is InChI=1S/C23H21F3N4O4/c1-13-4-6-16(10-14(13)2)27-22(33)17-7-9-21(32)30(29-17)12-20(31)28-18-11-15(23(24,25)26)5-8-19(18)34-3/h4-11H,12H2,1-3H3,(H,27,33)(H,28,31). The van der Waals surface area contributed by atoms with Crippen LogP contribution in [0.15, 0.2) is 53.3 Å². The van der Waals surface area contributed by atoms with Crippen molar-refractivity contribution in [3.05, 3.63) is 81.3 Å². The van der Waals surface area contributed by atoms with E-state index in [2.05, 4.69) is 15.7 Å². The van der Waals surface area contributed by atoms with Crippen molar-refractivity contribution in [2.24, 2.45) is 0 Å². The largest absolute Gasteiger partial charge is 0.495 e. The zero-order valence-corrected chi connectivity index (χ0v) is 18.5. The average Bonchev–Trinajstić information content (AvgIpc) is 2.77. The molecule has 0 aliphatic rings. The fourth-order valence-electron chi connectivity index (χ4n) is 3.01. The summed E-state index contributed by atoms with van der Waals surface area (Å²) < 4.78 is 44.8. The Labute approximate surface area is 192 Å². The number of benzene rings is 2. The lowest BCUT2D eigenvalue weighted by Crippen LogP contribution is -2.31. The second-order valence-corrected chi connectivity index (χ2v) is 7.43. The SMILES string of the molecule is COc1ccc(C(F)(F)F)cc1NC(=O)Cn1nc(C(=O)Nc2ccc(C)c(C)c2)ccc1=O. The van der Waals surface area contributed by atoms with E-state index in [9.17, 15) is 27.6 Å². The van der Waals surface area contributed by atoms with Gasteiger partial charge in [-0.05, 0) is 61.4 Å². The predicted molar refractivity (Wildman–Crippen MR) is 119 cm³/mol. The van der Waals surface area contributed by atoms with Gasteiger partial charge in [-0.25, -0.2) is 4.68 Å². The normalized spacial score (nSPS) is 11.1. The molecule has 0 saturated carbocycles. The third-order valence-corrected chi connectivity index (χ3v) is 4.96. The fraction of sp³-hybridized carbons (Fsp3) is 0.217. The molecule has 0 aliphatic carbocycles. The number of halogens is 3. The molecule has 3 rings (SSSR count). The van der Waals surface area contributed by atoms with Crippen molar-refractivity contribution in [3.8, 4) is 5.75 Å². The number of nitrogens with one attached hydrogen (secondary N) is 2. The van der Waals surface area contributed by atoms with Crippen LogP contribution in [0, 0.1) is 13.8 Å². The molecular formula is C23H21F3N4O4. The second-order valence-electron chi connectivity index (χ2n) is 7.43. The number of aromatic nitrogens is 2. The maximum atomic E-state index is 13.0. The van der Waals surface area contributed by atoms with Crippen LogP contribution in [-0.2, 0) is 17.5 Å². The monoisotopic (exact) mass is 474 g/mol. The van der Waals surface area contributed by atoms with Crippen molar-refractivity contribution in [2.75, 3.05) is 17.7 Å². The van der Waals surface area contributed by atoms with Crippen LogP contribution in [0.25, 0.3) is 0 Å². The lowest BCUT2D eigenvalue weighted by atomic mass is 10.1. The molecule has 34 heavy (non-hydrogen) atoms. The molecule has 0 atom stereocenters. The summed E-state index contributed by atoms with van der Waals surface area (Å²) in [6, 6.07) is 10.2. The van der Waals surface area contributed by atoms with Gasteiger partial charge in [-0.3, -0.25) is 14.4 Å². The first-order valence-corrected chi connectivity index (χ1v) is 10.00. The number of rotatable bonds is 6. The highest BCUT2D eigenvalue weighted by Crippen LogP contribution is 2.34. The van der Waals surface area contributed by atoms with Gasteiger partial charge in [0.25, 0.3) is 11.5 Å². The number of anilines is 2. The lowest BCUT2D eigenvalue weighted by Gasteiger charge is -2.14. The molecule has 2 amide bonds. The zero-order chi connectivity index (χ0) is 25.0. The quantitative estimate of drug-likeness (QED) is 0.566. The summed E-state index contributed by atoms with van der Waals surface area (Å²) in [7, 11) is 1.24. The van der Waals surface area contributed by atoms with E-state index in [-0.39, 0.29) is 17.1 Å². The van der Waals surface area contributed by atoms with Gasteiger partial charge >= 0.3 is 6.18 Å². The Morgan fingerprint density at radius 2 is 1.74 bits per heavy atom. The van der Waals surface area contributed by atoms with Crippen molar-refractivity contribution >= 4 is 23.2 Å². The minimum atomic E-state index is -4.62. The summed E-state index contributed by atoms with van der Waals surface area (Å²) in [5, 5.41) is 8.86. The molecule has 0 aliphatic heterocycles. The summed E-state index contributed by atoms with van der Waals surface area (Å²) in [5.41, 5.74) is 0.548. The van der Waals surface area contributed by atoms with Crippen LogP contribution in [0.3, 0.4) is 0 Å². The van der Waals surface area contributed by atoms with Gasteiger partial charge in [0, 0.05) is 11.8 Å². The summed E-state index contributed by atoms with van der Waals surface area (Å²) >= 11 is 0. The van der Waals surface area contributed by atoms with E-state index < -0.39 is 35.7 Å². The lowest BCUT2D eigenvalue weighted by molar-refractivity contribution is -0.137. The summed E-state index contributed by atoms with van der Waals surface area (Å²) in [6.07, 6.45) is -4.62. The number of ether oxygens (including phenoxy) is 1. The van der Waals surface area contributed by atoms with Gasteiger partial charge in [0.1, 0.15) is 18.0 Å². The molecular weight excluding hydrogens is 453 g/mol. The van der Waals surface area contributed by atoms with Gasteiger partial charge < -0.3 is 15.4 Å². The van der Waals surface area contributed by atoms with Gasteiger partial charge in [0.2, 0.25) is 5.91 Å².